The van der Waals surface area contributed by atoms with Crippen molar-refractivity contribution < 1.29 is 14.5 Å². The molecule has 4 aromatic rings. The summed E-state index contributed by atoms with van der Waals surface area (Å²) in [5, 5.41) is 17.0. The van der Waals surface area contributed by atoms with Gasteiger partial charge in [-0.05, 0) is 52.4 Å². The fourth-order valence-corrected chi connectivity index (χ4v) is 5.35. The normalized spacial score (nSPS) is 20.1. The number of ether oxygens (including phenoxy) is 1. The van der Waals surface area contributed by atoms with Crippen molar-refractivity contribution in [3.8, 4) is 5.75 Å². The molecular weight excluding hydrogens is 440 g/mol. The van der Waals surface area contributed by atoms with E-state index in [0.717, 1.165) is 34.0 Å². The molecule has 172 valence electrons. The van der Waals surface area contributed by atoms with E-state index < -0.39 is 5.97 Å². The van der Waals surface area contributed by atoms with Crippen LogP contribution in [0.3, 0.4) is 0 Å². The van der Waals surface area contributed by atoms with Crippen LogP contribution in [0.5, 0.6) is 5.75 Å². The Morgan fingerprint density at radius 2 is 1.77 bits per heavy atom. The highest BCUT2D eigenvalue weighted by atomic mass is 16.6. The molecule has 1 aliphatic carbocycles. The molecule has 0 saturated heterocycles. The summed E-state index contributed by atoms with van der Waals surface area (Å²) in [5.74, 6) is 0.360. The first kappa shape index (κ1) is 21.1. The number of para-hydroxylation sites is 1. The molecule has 0 aromatic heterocycles. The van der Waals surface area contributed by atoms with Gasteiger partial charge < -0.3 is 10.1 Å². The van der Waals surface area contributed by atoms with Gasteiger partial charge in [0, 0.05) is 18.1 Å². The van der Waals surface area contributed by atoms with Crippen LogP contribution in [0.1, 0.15) is 39.9 Å². The van der Waals surface area contributed by atoms with Crippen molar-refractivity contribution in [1.29, 1.82) is 0 Å². The number of esters is 1. The topological polar surface area (TPSA) is 81.5 Å². The quantitative estimate of drug-likeness (QED) is 0.119. The first-order valence-electron chi connectivity index (χ1n) is 11.6. The lowest BCUT2D eigenvalue weighted by atomic mass is 9.76. The molecule has 6 heteroatoms. The van der Waals surface area contributed by atoms with Gasteiger partial charge in [0.25, 0.3) is 5.69 Å². The summed E-state index contributed by atoms with van der Waals surface area (Å²) in [6.07, 6.45) is 5.18. The number of nitrogens with zero attached hydrogens (tertiary/aromatic N) is 1. The van der Waals surface area contributed by atoms with Crippen molar-refractivity contribution in [1.82, 2.24) is 0 Å². The van der Waals surface area contributed by atoms with Crippen molar-refractivity contribution in [3.05, 3.63) is 124 Å². The molecule has 2 aliphatic rings. The molecule has 0 fully saturated rings. The standard InChI is InChI=1S/C29H22N2O4/c32-29(35-22-15-14-18-6-1-2-7-19(18)17-22)26-13-5-12-25-23-10-4-11-24(23)27(30-28(25)26)20-8-3-9-21(16-20)31(33)34/h1-10,12-17,23-24,27,30H,11H2/t23-,24-,27-/m1/s1. The predicted octanol–water partition coefficient (Wildman–Crippen LogP) is 6.79. The molecule has 0 radical (unpaired) electrons. The molecule has 3 atom stereocenters. The minimum Gasteiger partial charge on any atom is -0.423 e. The molecule has 0 spiro atoms. The second kappa shape index (κ2) is 8.40. The van der Waals surface area contributed by atoms with Crippen LogP contribution in [0.2, 0.25) is 0 Å². The summed E-state index contributed by atoms with van der Waals surface area (Å²) in [4.78, 5) is 24.3. The Kier molecular flexibility index (Phi) is 5.07. The third-order valence-electron chi connectivity index (χ3n) is 6.99. The number of hydrogen-bond acceptors (Lipinski definition) is 5. The Morgan fingerprint density at radius 1 is 0.943 bits per heavy atom. The van der Waals surface area contributed by atoms with E-state index in [0.29, 0.717) is 11.3 Å². The Bertz CT molecular complexity index is 1510. The highest BCUT2D eigenvalue weighted by molar-refractivity contribution is 5.98. The molecule has 6 nitrogen and oxygen atoms in total. The maximum Gasteiger partial charge on any atom is 0.345 e. The van der Waals surface area contributed by atoms with Crippen molar-refractivity contribution in [2.45, 2.75) is 18.4 Å². The van der Waals surface area contributed by atoms with Gasteiger partial charge in [-0.2, -0.15) is 0 Å². The van der Waals surface area contributed by atoms with Crippen molar-refractivity contribution in [2.24, 2.45) is 5.92 Å². The third-order valence-corrected chi connectivity index (χ3v) is 6.99. The van der Waals surface area contributed by atoms with Crippen LogP contribution >= 0.6 is 0 Å². The van der Waals surface area contributed by atoms with Gasteiger partial charge >= 0.3 is 5.97 Å². The molecule has 35 heavy (non-hydrogen) atoms. The number of rotatable bonds is 4. The van der Waals surface area contributed by atoms with E-state index in [1.54, 1.807) is 24.3 Å². The van der Waals surface area contributed by atoms with Crippen LogP contribution in [0, 0.1) is 16.0 Å². The number of fused-ring (bicyclic) bond motifs is 4. The van der Waals surface area contributed by atoms with E-state index in [9.17, 15) is 14.9 Å². The summed E-state index contributed by atoms with van der Waals surface area (Å²) in [6.45, 7) is 0. The number of nitro groups is 1. The summed E-state index contributed by atoms with van der Waals surface area (Å²) in [6, 6.07) is 25.7. The second-order valence-electron chi connectivity index (χ2n) is 9.00. The average molecular weight is 463 g/mol. The zero-order valence-electron chi connectivity index (χ0n) is 18.8. The summed E-state index contributed by atoms with van der Waals surface area (Å²) in [7, 11) is 0. The molecule has 6 rings (SSSR count). The Labute approximate surface area is 202 Å². The molecular formula is C29H22N2O4. The van der Waals surface area contributed by atoms with Crippen LogP contribution < -0.4 is 10.1 Å². The summed E-state index contributed by atoms with van der Waals surface area (Å²) < 4.78 is 5.79. The van der Waals surface area contributed by atoms with E-state index >= 15 is 0 Å². The first-order chi connectivity index (χ1) is 17.1. The van der Waals surface area contributed by atoms with Gasteiger partial charge in [-0.15, -0.1) is 0 Å². The maximum absolute atomic E-state index is 13.3. The minimum absolute atomic E-state index is 0.0570. The molecule has 0 saturated carbocycles. The largest absolute Gasteiger partial charge is 0.423 e. The molecule has 1 N–H and O–H groups in total. The van der Waals surface area contributed by atoms with Crippen LogP contribution in [-0.4, -0.2) is 10.9 Å². The zero-order valence-corrected chi connectivity index (χ0v) is 18.8. The van der Waals surface area contributed by atoms with Crippen LogP contribution in [0.4, 0.5) is 11.4 Å². The SMILES string of the molecule is O=C(Oc1ccc2ccccc2c1)c1cccc2c1N[C@H](c1cccc([N+](=O)[O-])c1)[C@@H]1CC=C[C@@H]21. The van der Waals surface area contributed by atoms with Crippen LogP contribution in [-0.2, 0) is 0 Å². The summed E-state index contributed by atoms with van der Waals surface area (Å²) >= 11 is 0. The van der Waals surface area contributed by atoms with E-state index in [1.807, 2.05) is 54.6 Å². The number of non-ortho nitro benzene ring substituents is 1. The minimum atomic E-state index is -0.442. The van der Waals surface area contributed by atoms with E-state index in [4.69, 9.17) is 4.74 Å². The first-order valence-corrected chi connectivity index (χ1v) is 11.6. The number of anilines is 1. The summed E-state index contributed by atoms with van der Waals surface area (Å²) in [5.41, 5.74) is 3.11. The van der Waals surface area contributed by atoms with Crippen LogP contribution in [0.15, 0.2) is 97.1 Å². The fourth-order valence-electron chi connectivity index (χ4n) is 5.35. The van der Waals surface area contributed by atoms with Crippen molar-refractivity contribution in [2.75, 3.05) is 5.32 Å². The van der Waals surface area contributed by atoms with Crippen molar-refractivity contribution >= 4 is 28.1 Å². The highest BCUT2D eigenvalue weighted by Crippen LogP contribution is 2.51. The predicted molar refractivity (Wildman–Crippen MR) is 135 cm³/mol. The number of benzene rings is 4. The highest BCUT2D eigenvalue weighted by Gasteiger charge is 2.39. The molecule has 1 heterocycles. The number of carbonyl (C=O) groups excluding carboxylic acids is 1. The Hall–Kier alpha value is -4.45. The van der Waals surface area contributed by atoms with Gasteiger partial charge in [0.2, 0.25) is 0 Å². The monoisotopic (exact) mass is 462 g/mol. The van der Waals surface area contributed by atoms with Gasteiger partial charge in [-0.1, -0.05) is 66.7 Å². The molecule has 0 bridgehead atoms. The Morgan fingerprint density at radius 3 is 2.63 bits per heavy atom. The van der Waals surface area contributed by atoms with E-state index in [-0.39, 0.29) is 28.5 Å². The van der Waals surface area contributed by atoms with Gasteiger partial charge in [0.1, 0.15) is 5.75 Å². The average Bonchev–Trinajstić information content (AvgIpc) is 3.38. The van der Waals surface area contributed by atoms with E-state index in [1.165, 1.54) is 6.07 Å². The number of allylic oxidation sites excluding steroid dienone is 2. The fraction of sp³-hybridized carbons (Fsp3) is 0.138. The van der Waals surface area contributed by atoms with E-state index in [2.05, 4.69) is 17.5 Å². The lowest BCUT2D eigenvalue weighted by Gasteiger charge is -2.38. The number of nitrogens with one attached hydrogen (secondary N) is 1. The molecule has 0 amide bonds. The van der Waals surface area contributed by atoms with Gasteiger partial charge in [-0.25, -0.2) is 4.79 Å². The second-order valence-corrected chi connectivity index (χ2v) is 9.00. The molecule has 4 aromatic carbocycles. The third kappa shape index (κ3) is 3.73. The van der Waals surface area contributed by atoms with Crippen LogP contribution in [0.25, 0.3) is 10.8 Å². The van der Waals surface area contributed by atoms with Gasteiger partial charge in [-0.3, -0.25) is 10.1 Å². The lowest BCUT2D eigenvalue weighted by Crippen LogP contribution is -2.30. The number of hydrogen-bond donors (Lipinski definition) is 1. The zero-order chi connectivity index (χ0) is 23.9. The smallest absolute Gasteiger partial charge is 0.345 e. The lowest BCUT2D eigenvalue weighted by molar-refractivity contribution is -0.384. The molecule has 0 unspecified atom stereocenters. The Balaban J connectivity index is 1.36. The van der Waals surface area contributed by atoms with Crippen molar-refractivity contribution in [3.63, 3.8) is 0 Å². The number of nitro benzene ring substituents is 1. The maximum atomic E-state index is 13.3. The van der Waals surface area contributed by atoms with Gasteiger partial charge in [0.15, 0.2) is 0 Å². The number of carbonyl (C=O) groups is 1. The molecule has 1 aliphatic heterocycles. The van der Waals surface area contributed by atoms with Gasteiger partial charge in [0.05, 0.1) is 22.2 Å².